The highest BCUT2D eigenvalue weighted by molar-refractivity contribution is 5.40. The van der Waals surface area contributed by atoms with Crippen LogP contribution in [0.4, 0.5) is 18.9 Å². The maximum absolute atomic E-state index is 11.8. The van der Waals surface area contributed by atoms with Crippen LogP contribution in [0.15, 0.2) is 10.9 Å². The zero-order chi connectivity index (χ0) is 12.5. The smallest absolute Gasteiger partial charge is 0.390 e. The summed E-state index contributed by atoms with van der Waals surface area (Å²) in [5.41, 5.74) is -2.03. The van der Waals surface area contributed by atoms with Crippen LogP contribution in [-0.2, 0) is 0 Å². The van der Waals surface area contributed by atoms with Crippen LogP contribution in [0.5, 0.6) is 5.88 Å². The third-order valence-corrected chi connectivity index (χ3v) is 1.65. The normalized spacial score (nSPS) is 11.2. The minimum absolute atomic E-state index is 0.292. The molecule has 6 nitrogen and oxygen atoms in total. The Morgan fingerprint density at radius 3 is 2.50 bits per heavy atom. The lowest BCUT2D eigenvalue weighted by Gasteiger charge is -2.08. The van der Waals surface area contributed by atoms with Crippen LogP contribution in [0.25, 0.3) is 0 Å². The Morgan fingerprint density at radius 1 is 1.50 bits per heavy atom. The molecule has 0 unspecified atom stereocenters. The fourth-order valence-electron chi connectivity index (χ4n) is 0.960. The molecular formula is C7H5F3N2O4. The number of nitrogens with one attached hydrogen (secondary N) is 1. The molecule has 0 bridgehead atoms. The number of rotatable bonds is 2. The summed E-state index contributed by atoms with van der Waals surface area (Å²) in [5.74, 6) is -1.02. The van der Waals surface area contributed by atoms with E-state index in [1.54, 1.807) is 4.98 Å². The molecule has 0 fully saturated rings. The molecule has 0 radical (unpaired) electrons. The maximum atomic E-state index is 11.8. The summed E-state index contributed by atoms with van der Waals surface area (Å²) in [5, 5.41) is 10.4. The molecule has 0 aromatic carbocycles. The quantitative estimate of drug-likeness (QED) is 0.624. The first-order valence-corrected chi connectivity index (χ1v) is 3.85. The lowest BCUT2D eigenvalue weighted by molar-refractivity contribution is -0.385. The van der Waals surface area contributed by atoms with E-state index in [9.17, 15) is 28.1 Å². The SMILES string of the molecule is Cc1c([N+](=O)[O-])cc(OC(F)(F)F)[nH]c1=O. The van der Waals surface area contributed by atoms with E-state index in [-0.39, 0.29) is 5.56 Å². The second-order valence-electron chi connectivity index (χ2n) is 2.78. The first kappa shape index (κ1) is 12.0. The number of nitrogens with zero attached hydrogens (tertiary/aromatic N) is 1. The molecule has 0 aliphatic rings. The van der Waals surface area contributed by atoms with Crippen molar-refractivity contribution in [2.24, 2.45) is 0 Å². The molecule has 1 rings (SSSR count). The maximum Gasteiger partial charge on any atom is 0.574 e. The monoisotopic (exact) mass is 238 g/mol. The van der Waals surface area contributed by atoms with Crippen molar-refractivity contribution in [2.45, 2.75) is 13.3 Å². The lowest BCUT2D eigenvalue weighted by Crippen LogP contribution is -2.21. The number of aromatic nitrogens is 1. The second-order valence-corrected chi connectivity index (χ2v) is 2.78. The number of hydrogen-bond donors (Lipinski definition) is 1. The van der Waals surface area contributed by atoms with Crippen LogP contribution in [0, 0.1) is 17.0 Å². The van der Waals surface area contributed by atoms with E-state index in [1.807, 2.05) is 0 Å². The number of H-pyrrole nitrogens is 1. The van der Waals surface area contributed by atoms with Crippen LogP contribution in [0.3, 0.4) is 0 Å². The summed E-state index contributed by atoms with van der Waals surface area (Å²) in [4.78, 5) is 22.2. The van der Waals surface area contributed by atoms with Gasteiger partial charge in [-0.15, -0.1) is 13.2 Å². The van der Waals surface area contributed by atoms with Crippen molar-refractivity contribution in [2.75, 3.05) is 0 Å². The van der Waals surface area contributed by atoms with Gasteiger partial charge in [0.25, 0.3) is 11.2 Å². The van der Waals surface area contributed by atoms with Crippen molar-refractivity contribution >= 4 is 5.69 Å². The zero-order valence-corrected chi connectivity index (χ0v) is 7.79. The molecule has 0 aliphatic heterocycles. The predicted octanol–water partition coefficient (Wildman–Crippen LogP) is 1.49. The summed E-state index contributed by atoms with van der Waals surface area (Å²) in [6.45, 7) is 1.12. The Balaban J connectivity index is 3.25. The number of alkyl halides is 3. The third-order valence-electron chi connectivity index (χ3n) is 1.65. The minimum atomic E-state index is -5.02. The van der Waals surface area contributed by atoms with Crippen molar-refractivity contribution in [3.63, 3.8) is 0 Å². The third kappa shape index (κ3) is 2.72. The molecule has 1 aromatic heterocycles. The number of halogens is 3. The highest BCUT2D eigenvalue weighted by atomic mass is 19.4. The van der Waals surface area contributed by atoms with Gasteiger partial charge < -0.3 is 4.74 Å². The first-order chi connectivity index (χ1) is 7.20. The van der Waals surface area contributed by atoms with Crippen molar-refractivity contribution in [3.05, 3.63) is 32.1 Å². The van der Waals surface area contributed by atoms with Crippen LogP contribution >= 0.6 is 0 Å². The van der Waals surface area contributed by atoms with Crippen LogP contribution in [-0.4, -0.2) is 16.3 Å². The average molecular weight is 238 g/mol. The minimum Gasteiger partial charge on any atom is -0.390 e. The summed E-state index contributed by atoms with van der Waals surface area (Å²) in [7, 11) is 0. The molecule has 0 saturated heterocycles. The van der Waals surface area contributed by atoms with Gasteiger partial charge in [0, 0.05) is 0 Å². The highest BCUT2D eigenvalue weighted by Crippen LogP contribution is 2.24. The van der Waals surface area contributed by atoms with Gasteiger partial charge in [-0.05, 0) is 6.92 Å². The molecule has 1 aromatic rings. The molecule has 0 spiro atoms. The Morgan fingerprint density at radius 2 is 2.06 bits per heavy atom. The van der Waals surface area contributed by atoms with Gasteiger partial charge in [0.1, 0.15) is 0 Å². The Labute approximate surface area is 85.8 Å². The fourth-order valence-corrected chi connectivity index (χ4v) is 0.960. The van der Waals surface area contributed by atoms with E-state index in [1.165, 1.54) is 0 Å². The predicted molar refractivity (Wildman–Crippen MR) is 45.1 cm³/mol. The van der Waals surface area contributed by atoms with E-state index < -0.39 is 28.4 Å². The molecule has 0 amide bonds. The van der Waals surface area contributed by atoms with Crippen molar-refractivity contribution in [3.8, 4) is 5.88 Å². The van der Waals surface area contributed by atoms with Crippen molar-refractivity contribution in [1.29, 1.82) is 0 Å². The standard InChI is InChI=1S/C7H5F3N2O4/c1-3-4(12(14)15)2-5(11-6(3)13)16-7(8,9)10/h2H,1H3,(H,11,13). The molecule has 1 heterocycles. The molecule has 0 atom stereocenters. The Bertz CT molecular complexity index is 480. The van der Waals surface area contributed by atoms with Gasteiger partial charge in [-0.25, -0.2) is 0 Å². The Hall–Kier alpha value is -2.06. The highest BCUT2D eigenvalue weighted by Gasteiger charge is 2.32. The number of hydrogen-bond acceptors (Lipinski definition) is 4. The van der Waals surface area contributed by atoms with E-state index in [0.717, 1.165) is 6.92 Å². The van der Waals surface area contributed by atoms with Crippen molar-refractivity contribution in [1.82, 2.24) is 4.98 Å². The van der Waals surface area contributed by atoms with Gasteiger partial charge in [-0.1, -0.05) is 0 Å². The first-order valence-electron chi connectivity index (χ1n) is 3.85. The molecule has 88 valence electrons. The number of aromatic amines is 1. The molecule has 9 heteroatoms. The van der Waals surface area contributed by atoms with Gasteiger partial charge in [-0.2, -0.15) is 0 Å². The van der Waals surface area contributed by atoms with E-state index in [2.05, 4.69) is 4.74 Å². The Kier molecular flexibility index (Phi) is 2.88. The summed E-state index contributed by atoms with van der Waals surface area (Å²) in [6, 6.07) is 0.504. The van der Waals surface area contributed by atoms with Crippen LogP contribution in [0.1, 0.15) is 5.56 Å². The number of pyridine rings is 1. The van der Waals surface area contributed by atoms with E-state index in [4.69, 9.17) is 0 Å². The largest absolute Gasteiger partial charge is 0.574 e. The zero-order valence-electron chi connectivity index (χ0n) is 7.79. The van der Waals surface area contributed by atoms with Gasteiger partial charge in [-0.3, -0.25) is 19.9 Å². The lowest BCUT2D eigenvalue weighted by atomic mass is 10.2. The average Bonchev–Trinajstić information content (AvgIpc) is 2.07. The van der Waals surface area contributed by atoms with Crippen molar-refractivity contribution < 1.29 is 22.8 Å². The van der Waals surface area contributed by atoms with Gasteiger partial charge in [0.05, 0.1) is 16.6 Å². The fraction of sp³-hybridized carbons (Fsp3) is 0.286. The molecular weight excluding hydrogens is 233 g/mol. The number of nitro groups is 1. The van der Waals surface area contributed by atoms with Gasteiger partial charge >= 0.3 is 6.36 Å². The molecule has 1 N–H and O–H groups in total. The van der Waals surface area contributed by atoms with E-state index in [0.29, 0.717) is 6.07 Å². The number of ether oxygens (including phenoxy) is 1. The van der Waals surface area contributed by atoms with E-state index >= 15 is 0 Å². The summed E-state index contributed by atoms with van der Waals surface area (Å²) in [6.07, 6.45) is -5.02. The van der Waals surface area contributed by atoms with Crippen LogP contribution < -0.4 is 10.3 Å². The summed E-state index contributed by atoms with van der Waals surface area (Å²) < 4.78 is 38.7. The summed E-state index contributed by atoms with van der Waals surface area (Å²) >= 11 is 0. The molecule has 0 aliphatic carbocycles. The molecule has 0 saturated carbocycles. The van der Waals surface area contributed by atoms with Gasteiger partial charge in [0.15, 0.2) is 0 Å². The topological polar surface area (TPSA) is 85.2 Å². The second kappa shape index (κ2) is 3.83. The molecule has 16 heavy (non-hydrogen) atoms. The van der Waals surface area contributed by atoms with Gasteiger partial charge in [0.2, 0.25) is 5.88 Å². The van der Waals surface area contributed by atoms with Crippen LogP contribution in [0.2, 0.25) is 0 Å².